The van der Waals surface area contributed by atoms with Crippen LogP contribution in [0.25, 0.3) is 0 Å². The first-order valence-corrected chi connectivity index (χ1v) is 21.5. The maximum absolute atomic E-state index is 12.3. The van der Waals surface area contributed by atoms with Crippen LogP contribution in [0.2, 0.25) is 0 Å². The summed E-state index contributed by atoms with van der Waals surface area (Å²) in [5.74, 6) is -0.921. The molecular weight excluding hydrogens is 612 g/mol. The van der Waals surface area contributed by atoms with Crippen LogP contribution in [0.1, 0.15) is 239 Å². The van der Waals surface area contributed by atoms with Crippen LogP contribution in [0.4, 0.5) is 0 Å². The van der Waals surface area contributed by atoms with Crippen molar-refractivity contribution in [3.8, 4) is 0 Å². The first-order chi connectivity index (χ1) is 24.0. The maximum Gasteiger partial charge on any atom is 0.306 e. The fraction of sp³-hybridized carbons (Fsp3) is 0.930. The van der Waals surface area contributed by atoms with E-state index in [2.05, 4.69) is 13.8 Å². The van der Waals surface area contributed by atoms with E-state index in [0.717, 1.165) is 38.5 Å². The standard InChI is InChI=1S/C43H82O6/c1-4-7-9-11-13-15-17-19-21-23-25-27-29-31-33-36-41(44)47-38-40(49-43(46)35-6-3)39-48-42(45)37-34-32-30-28-26-24-22-20-18-16-14-12-10-8-5-2/h40H,4-39H2,1-3H3. The number of rotatable bonds is 39. The maximum atomic E-state index is 12.3. The van der Waals surface area contributed by atoms with E-state index in [1.165, 1.54) is 154 Å². The van der Waals surface area contributed by atoms with Crippen LogP contribution in [0.15, 0.2) is 0 Å². The molecule has 0 aliphatic carbocycles. The topological polar surface area (TPSA) is 78.9 Å². The Bertz CT molecular complexity index is 673. The Morgan fingerprint density at radius 3 is 0.857 bits per heavy atom. The molecule has 0 radical (unpaired) electrons. The molecule has 0 saturated heterocycles. The Labute approximate surface area is 304 Å². The number of hydrogen-bond donors (Lipinski definition) is 0. The van der Waals surface area contributed by atoms with Crippen LogP contribution in [-0.4, -0.2) is 37.2 Å². The number of unbranched alkanes of at least 4 members (excludes halogenated alkanes) is 28. The molecule has 6 heteroatoms. The molecule has 49 heavy (non-hydrogen) atoms. The molecule has 0 aliphatic rings. The SMILES string of the molecule is CCCCCCCCCCCCCCCCCC(=O)OCC(COC(=O)CCCCCCCCCCCCCCCCC)OC(=O)CCC. The van der Waals surface area contributed by atoms with Gasteiger partial charge in [0.25, 0.3) is 0 Å². The van der Waals surface area contributed by atoms with Crippen LogP contribution < -0.4 is 0 Å². The van der Waals surface area contributed by atoms with Gasteiger partial charge in [-0.2, -0.15) is 0 Å². The van der Waals surface area contributed by atoms with Crippen LogP contribution in [0, 0.1) is 0 Å². The van der Waals surface area contributed by atoms with E-state index in [9.17, 15) is 14.4 Å². The molecule has 0 aromatic heterocycles. The predicted molar refractivity (Wildman–Crippen MR) is 206 cm³/mol. The smallest absolute Gasteiger partial charge is 0.306 e. The van der Waals surface area contributed by atoms with Gasteiger partial charge in [-0.1, -0.05) is 201 Å². The highest BCUT2D eigenvalue weighted by molar-refractivity contribution is 5.71. The minimum atomic E-state index is -0.755. The van der Waals surface area contributed by atoms with Crippen molar-refractivity contribution < 1.29 is 28.6 Å². The number of ether oxygens (including phenoxy) is 3. The normalized spacial score (nSPS) is 11.3. The monoisotopic (exact) mass is 695 g/mol. The molecule has 6 nitrogen and oxygen atoms in total. The Balaban J connectivity index is 3.86. The molecule has 0 amide bonds. The van der Waals surface area contributed by atoms with Gasteiger partial charge in [-0.3, -0.25) is 14.4 Å². The Morgan fingerprint density at radius 2 is 0.592 bits per heavy atom. The van der Waals surface area contributed by atoms with Crippen molar-refractivity contribution >= 4 is 17.9 Å². The molecule has 0 aliphatic heterocycles. The molecule has 0 N–H and O–H groups in total. The third-order valence-corrected chi connectivity index (χ3v) is 9.58. The molecule has 0 aromatic rings. The lowest BCUT2D eigenvalue weighted by atomic mass is 10.0. The van der Waals surface area contributed by atoms with Gasteiger partial charge in [0.15, 0.2) is 6.10 Å². The average molecular weight is 695 g/mol. The molecule has 0 aromatic carbocycles. The highest BCUT2D eigenvalue weighted by atomic mass is 16.6. The molecule has 0 bridgehead atoms. The Kier molecular flexibility index (Phi) is 37.9. The van der Waals surface area contributed by atoms with Crippen LogP contribution in [0.5, 0.6) is 0 Å². The Morgan fingerprint density at radius 1 is 0.327 bits per heavy atom. The van der Waals surface area contributed by atoms with Gasteiger partial charge in [0.1, 0.15) is 13.2 Å². The van der Waals surface area contributed by atoms with Crippen molar-refractivity contribution in [2.45, 2.75) is 245 Å². The van der Waals surface area contributed by atoms with Gasteiger partial charge < -0.3 is 14.2 Å². The van der Waals surface area contributed by atoms with Gasteiger partial charge in [-0.25, -0.2) is 0 Å². The summed E-state index contributed by atoms with van der Waals surface area (Å²) in [5, 5.41) is 0. The first kappa shape index (κ1) is 47.4. The van der Waals surface area contributed by atoms with Gasteiger partial charge in [-0.15, -0.1) is 0 Å². The second kappa shape index (κ2) is 39.2. The van der Waals surface area contributed by atoms with Crippen molar-refractivity contribution in [3.63, 3.8) is 0 Å². The molecule has 0 saturated carbocycles. The van der Waals surface area contributed by atoms with E-state index in [0.29, 0.717) is 19.3 Å². The zero-order chi connectivity index (χ0) is 35.9. The van der Waals surface area contributed by atoms with Crippen molar-refractivity contribution in [3.05, 3.63) is 0 Å². The molecule has 0 fully saturated rings. The summed E-state index contributed by atoms with van der Waals surface area (Å²) in [6.07, 6.45) is 39.4. The second-order valence-corrected chi connectivity index (χ2v) is 14.6. The highest BCUT2D eigenvalue weighted by Crippen LogP contribution is 2.16. The lowest BCUT2D eigenvalue weighted by Crippen LogP contribution is -2.30. The highest BCUT2D eigenvalue weighted by Gasteiger charge is 2.19. The molecule has 0 rings (SSSR count). The minimum absolute atomic E-state index is 0.0702. The Hall–Kier alpha value is -1.59. The minimum Gasteiger partial charge on any atom is -0.462 e. The predicted octanol–water partition coefficient (Wildman–Crippen LogP) is 13.3. The number of hydrogen-bond acceptors (Lipinski definition) is 6. The van der Waals surface area contributed by atoms with Crippen LogP contribution in [0.3, 0.4) is 0 Å². The molecule has 0 atom stereocenters. The molecular formula is C43H82O6. The van der Waals surface area contributed by atoms with E-state index in [-0.39, 0.29) is 37.5 Å². The summed E-state index contributed by atoms with van der Waals surface area (Å²) < 4.78 is 16.3. The number of carbonyl (C=O) groups excluding carboxylic acids is 3. The zero-order valence-corrected chi connectivity index (χ0v) is 33.0. The van der Waals surface area contributed by atoms with Crippen molar-refractivity contribution in [1.82, 2.24) is 0 Å². The van der Waals surface area contributed by atoms with Crippen molar-refractivity contribution in [2.75, 3.05) is 13.2 Å². The van der Waals surface area contributed by atoms with Crippen molar-refractivity contribution in [1.29, 1.82) is 0 Å². The van der Waals surface area contributed by atoms with E-state index in [1.54, 1.807) is 0 Å². The van der Waals surface area contributed by atoms with E-state index in [1.807, 2.05) is 6.92 Å². The summed E-state index contributed by atoms with van der Waals surface area (Å²) in [6, 6.07) is 0. The quantitative estimate of drug-likeness (QED) is 0.0362. The van der Waals surface area contributed by atoms with Gasteiger partial charge in [0, 0.05) is 19.3 Å². The van der Waals surface area contributed by atoms with Gasteiger partial charge in [-0.05, 0) is 19.3 Å². The fourth-order valence-corrected chi connectivity index (χ4v) is 6.36. The van der Waals surface area contributed by atoms with Crippen molar-refractivity contribution in [2.24, 2.45) is 0 Å². The lowest BCUT2D eigenvalue weighted by molar-refractivity contribution is -0.166. The summed E-state index contributed by atoms with van der Waals surface area (Å²) in [6.45, 7) is 6.31. The molecule has 0 heterocycles. The lowest BCUT2D eigenvalue weighted by Gasteiger charge is -2.18. The van der Waals surface area contributed by atoms with E-state index in [4.69, 9.17) is 14.2 Å². The molecule has 290 valence electrons. The average Bonchev–Trinajstić information content (AvgIpc) is 3.09. The summed E-state index contributed by atoms with van der Waals surface area (Å²) in [7, 11) is 0. The third-order valence-electron chi connectivity index (χ3n) is 9.58. The van der Waals surface area contributed by atoms with Gasteiger partial charge >= 0.3 is 17.9 Å². The van der Waals surface area contributed by atoms with E-state index >= 15 is 0 Å². The summed E-state index contributed by atoms with van der Waals surface area (Å²) >= 11 is 0. The molecule has 0 spiro atoms. The fourth-order valence-electron chi connectivity index (χ4n) is 6.36. The largest absolute Gasteiger partial charge is 0.462 e. The second-order valence-electron chi connectivity index (χ2n) is 14.6. The van der Waals surface area contributed by atoms with Gasteiger partial charge in [0.05, 0.1) is 0 Å². The van der Waals surface area contributed by atoms with Crippen LogP contribution >= 0.6 is 0 Å². The number of esters is 3. The third kappa shape index (κ3) is 37.5. The first-order valence-electron chi connectivity index (χ1n) is 21.5. The van der Waals surface area contributed by atoms with Crippen LogP contribution in [-0.2, 0) is 28.6 Å². The van der Waals surface area contributed by atoms with Gasteiger partial charge in [0.2, 0.25) is 0 Å². The van der Waals surface area contributed by atoms with E-state index < -0.39 is 6.10 Å². The number of carbonyl (C=O) groups is 3. The summed E-state index contributed by atoms with van der Waals surface area (Å²) in [5.41, 5.74) is 0. The zero-order valence-electron chi connectivity index (χ0n) is 33.0. The molecule has 0 unspecified atom stereocenters. The summed E-state index contributed by atoms with van der Waals surface area (Å²) in [4.78, 5) is 36.8.